The number of pyridine rings is 1. The Kier molecular flexibility index (Phi) is 5.14. The van der Waals surface area contributed by atoms with E-state index in [-0.39, 0.29) is 6.03 Å². The number of hydrogen-bond acceptors (Lipinski definition) is 4. The monoisotopic (exact) mass is 275 g/mol. The van der Waals surface area contributed by atoms with E-state index in [1.165, 1.54) is 0 Å². The molecule has 2 aromatic heterocycles. The molecule has 0 spiro atoms. The van der Waals surface area contributed by atoms with Crippen LogP contribution in [0.4, 0.5) is 4.79 Å². The van der Waals surface area contributed by atoms with Crippen molar-refractivity contribution in [1.29, 1.82) is 0 Å². The predicted molar refractivity (Wildman–Crippen MR) is 74.1 cm³/mol. The van der Waals surface area contributed by atoms with Gasteiger partial charge in [-0.1, -0.05) is 0 Å². The minimum absolute atomic E-state index is 0.231. The first-order chi connectivity index (χ1) is 9.79. The van der Waals surface area contributed by atoms with Gasteiger partial charge >= 0.3 is 6.03 Å². The maximum absolute atomic E-state index is 11.5. The number of ether oxygens (including phenoxy) is 1. The molecule has 0 bridgehead atoms. The molecule has 0 aliphatic carbocycles. The molecule has 2 heterocycles. The number of amides is 2. The summed E-state index contributed by atoms with van der Waals surface area (Å²) in [4.78, 5) is 15.6. The van der Waals surface area contributed by atoms with E-state index in [2.05, 4.69) is 15.6 Å². The average Bonchev–Trinajstić information content (AvgIpc) is 3.00. The van der Waals surface area contributed by atoms with Gasteiger partial charge in [-0.15, -0.1) is 0 Å². The van der Waals surface area contributed by atoms with E-state index < -0.39 is 0 Å². The van der Waals surface area contributed by atoms with Gasteiger partial charge in [0.15, 0.2) is 0 Å². The van der Waals surface area contributed by atoms with Gasteiger partial charge in [0.2, 0.25) is 0 Å². The lowest BCUT2D eigenvalue weighted by Crippen LogP contribution is -2.36. The molecule has 0 fully saturated rings. The first kappa shape index (κ1) is 14.1. The zero-order valence-electron chi connectivity index (χ0n) is 11.3. The molecule has 0 unspecified atom stereocenters. The van der Waals surface area contributed by atoms with Crippen LogP contribution in [-0.2, 0) is 11.3 Å². The Balaban J connectivity index is 1.87. The first-order valence-corrected chi connectivity index (χ1v) is 6.28. The molecule has 2 aromatic rings. The third-order valence-corrected chi connectivity index (χ3v) is 2.65. The Morgan fingerprint density at radius 2 is 2.30 bits per heavy atom. The number of aromatic nitrogens is 1. The molecule has 0 aliphatic rings. The van der Waals surface area contributed by atoms with E-state index in [9.17, 15) is 4.79 Å². The van der Waals surface area contributed by atoms with Crippen LogP contribution in [0.15, 0.2) is 41.3 Å². The summed E-state index contributed by atoms with van der Waals surface area (Å²) in [6.07, 6.45) is 5.05. The van der Waals surface area contributed by atoms with Crippen LogP contribution in [0.2, 0.25) is 0 Å². The van der Waals surface area contributed by atoms with Crippen molar-refractivity contribution < 1.29 is 13.9 Å². The summed E-state index contributed by atoms with van der Waals surface area (Å²) in [6, 6.07) is 5.39. The zero-order valence-corrected chi connectivity index (χ0v) is 11.3. The number of carbonyl (C=O) groups excluding carboxylic acids is 1. The highest BCUT2D eigenvalue weighted by atomic mass is 16.5. The van der Waals surface area contributed by atoms with Crippen LogP contribution in [-0.4, -0.2) is 31.3 Å². The van der Waals surface area contributed by atoms with Crippen LogP contribution in [0.1, 0.15) is 5.56 Å². The lowest BCUT2D eigenvalue weighted by atomic mass is 10.1. The minimum atomic E-state index is -0.231. The fraction of sp³-hybridized carbons (Fsp3) is 0.286. The Labute approximate surface area is 117 Å². The van der Waals surface area contributed by atoms with E-state index in [0.29, 0.717) is 19.7 Å². The highest BCUT2D eigenvalue weighted by Gasteiger charge is 2.04. The molecule has 0 aromatic carbocycles. The van der Waals surface area contributed by atoms with Gasteiger partial charge in [-0.05, 0) is 23.8 Å². The smallest absolute Gasteiger partial charge is 0.315 e. The Bertz CT molecular complexity index is 540. The van der Waals surface area contributed by atoms with E-state index >= 15 is 0 Å². The maximum atomic E-state index is 11.5. The van der Waals surface area contributed by atoms with Crippen molar-refractivity contribution in [2.45, 2.75) is 6.54 Å². The van der Waals surface area contributed by atoms with Crippen LogP contribution < -0.4 is 10.6 Å². The SMILES string of the molecule is COCCNC(=O)NCc1cncc(-c2ccco2)c1. The van der Waals surface area contributed by atoms with Gasteiger partial charge in [-0.2, -0.15) is 0 Å². The van der Waals surface area contributed by atoms with Gasteiger partial charge in [0.25, 0.3) is 0 Å². The fourth-order valence-corrected chi connectivity index (χ4v) is 1.67. The van der Waals surface area contributed by atoms with Crippen molar-refractivity contribution in [2.75, 3.05) is 20.3 Å². The predicted octanol–water partition coefficient (Wildman–Crippen LogP) is 1.79. The number of carbonyl (C=O) groups is 1. The molecular weight excluding hydrogens is 258 g/mol. The topological polar surface area (TPSA) is 76.4 Å². The molecule has 0 atom stereocenters. The van der Waals surface area contributed by atoms with Crippen molar-refractivity contribution in [3.63, 3.8) is 0 Å². The number of nitrogens with one attached hydrogen (secondary N) is 2. The second-order valence-electron chi connectivity index (χ2n) is 4.16. The lowest BCUT2D eigenvalue weighted by molar-refractivity contribution is 0.196. The van der Waals surface area contributed by atoms with E-state index in [1.807, 2.05) is 18.2 Å². The fourth-order valence-electron chi connectivity index (χ4n) is 1.67. The van der Waals surface area contributed by atoms with Crippen LogP contribution in [0.3, 0.4) is 0 Å². The lowest BCUT2D eigenvalue weighted by Gasteiger charge is -2.07. The van der Waals surface area contributed by atoms with Crippen molar-refractivity contribution in [3.05, 3.63) is 42.4 Å². The molecule has 6 heteroatoms. The van der Waals surface area contributed by atoms with Crippen LogP contribution in [0, 0.1) is 0 Å². The van der Waals surface area contributed by atoms with Gasteiger partial charge in [0, 0.05) is 38.2 Å². The Morgan fingerprint density at radius 1 is 1.40 bits per heavy atom. The van der Waals surface area contributed by atoms with E-state index in [0.717, 1.165) is 16.9 Å². The van der Waals surface area contributed by atoms with E-state index in [1.54, 1.807) is 25.8 Å². The third-order valence-electron chi connectivity index (χ3n) is 2.65. The average molecular weight is 275 g/mol. The van der Waals surface area contributed by atoms with Gasteiger partial charge < -0.3 is 19.8 Å². The molecular formula is C14H17N3O3. The molecule has 0 saturated carbocycles. The summed E-state index contributed by atoms with van der Waals surface area (Å²) in [6.45, 7) is 1.37. The van der Waals surface area contributed by atoms with Gasteiger partial charge in [-0.3, -0.25) is 4.98 Å². The van der Waals surface area contributed by atoms with Crippen molar-refractivity contribution in [3.8, 4) is 11.3 Å². The van der Waals surface area contributed by atoms with Gasteiger partial charge in [-0.25, -0.2) is 4.79 Å². The Hall–Kier alpha value is -2.34. The number of rotatable bonds is 6. The maximum Gasteiger partial charge on any atom is 0.315 e. The second kappa shape index (κ2) is 7.30. The van der Waals surface area contributed by atoms with Crippen molar-refractivity contribution in [1.82, 2.24) is 15.6 Å². The molecule has 2 N–H and O–H groups in total. The summed E-state index contributed by atoms with van der Waals surface area (Å²) in [7, 11) is 1.59. The van der Waals surface area contributed by atoms with Gasteiger partial charge in [0.05, 0.1) is 12.9 Å². The quantitative estimate of drug-likeness (QED) is 0.788. The Morgan fingerprint density at radius 3 is 3.05 bits per heavy atom. The van der Waals surface area contributed by atoms with Crippen molar-refractivity contribution >= 4 is 6.03 Å². The second-order valence-corrected chi connectivity index (χ2v) is 4.16. The summed E-state index contributed by atoms with van der Waals surface area (Å²) in [5.74, 6) is 0.754. The highest BCUT2D eigenvalue weighted by Crippen LogP contribution is 2.19. The number of nitrogens with zero attached hydrogens (tertiary/aromatic N) is 1. The molecule has 20 heavy (non-hydrogen) atoms. The molecule has 0 aliphatic heterocycles. The molecule has 106 valence electrons. The molecule has 2 rings (SSSR count). The zero-order chi connectivity index (χ0) is 14.2. The standard InChI is InChI=1S/C14H17N3O3/c1-19-6-4-16-14(18)17-9-11-7-12(10-15-8-11)13-3-2-5-20-13/h2-3,5,7-8,10H,4,6,9H2,1H3,(H2,16,17,18). The minimum Gasteiger partial charge on any atom is -0.464 e. The number of hydrogen-bond donors (Lipinski definition) is 2. The first-order valence-electron chi connectivity index (χ1n) is 6.28. The molecule has 0 saturated heterocycles. The highest BCUT2D eigenvalue weighted by molar-refractivity contribution is 5.73. The number of methoxy groups -OCH3 is 1. The summed E-state index contributed by atoms with van der Waals surface area (Å²) in [5.41, 5.74) is 1.79. The summed E-state index contributed by atoms with van der Waals surface area (Å²) >= 11 is 0. The van der Waals surface area contributed by atoms with E-state index in [4.69, 9.17) is 9.15 Å². The van der Waals surface area contributed by atoms with Crippen LogP contribution >= 0.6 is 0 Å². The van der Waals surface area contributed by atoms with Crippen LogP contribution in [0.5, 0.6) is 0 Å². The molecule has 2 amide bonds. The van der Waals surface area contributed by atoms with Gasteiger partial charge in [0.1, 0.15) is 5.76 Å². The summed E-state index contributed by atoms with van der Waals surface area (Å²) < 4.78 is 10.2. The summed E-state index contributed by atoms with van der Waals surface area (Å²) in [5, 5.41) is 5.44. The molecule has 6 nitrogen and oxygen atoms in total. The number of urea groups is 1. The molecule has 0 radical (unpaired) electrons. The van der Waals surface area contributed by atoms with Crippen LogP contribution in [0.25, 0.3) is 11.3 Å². The largest absolute Gasteiger partial charge is 0.464 e. The normalized spacial score (nSPS) is 10.2. The number of furan rings is 1. The van der Waals surface area contributed by atoms with Crippen molar-refractivity contribution in [2.24, 2.45) is 0 Å². The third kappa shape index (κ3) is 4.10.